The molecule has 0 spiro atoms. The molecule has 1 heterocycles. The van der Waals surface area contributed by atoms with Crippen LogP contribution in [0.15, 0.2) is 36.7 Å². The molecule has 0 radical (unpaired) electrons. The number of ether oxygens (including phenoxy) is 1. The summed E-state index contributed by atoms with van der Waals surface area (Å²) in [5.41, 5.74) is 0.878. The van der Waals surface area contributed by atoms with E-state index >= 15 is 0 Å². The second-order valence-corrected chi connectivity index (χ2v) is 5.77. The minimum atomic E-state index is -0.776. The van der Waals surface area contributed by atoms with Crippen LogP contribution in [0.3, 0.4) is 0 Å². The van der Waals surface area contributed by atoms with Crippen molar-refractivity contribution in [3.8, 4) is 0 Å². The van der Waals surface area contributed by atoms with Gasteiger partial charge >= 0.3 is 5.97 Å². The van der Waals surface area contributed by atoms with Gasteiger partial charge in [-0.2, -0.15) is 4.39 Å². The zero-order chi connectivity index (χ0) is 15.5. The Kier molecular flexibility index (Phi) is 4.22. The number of aromatic nitrogens is 2. The minimum absolute atomic E-state index is 0.101. The summed E-state index contributed by atoms with van der Waals surface area (Å²) in [5, 5.41) is 0. The van der Waals surface area contributed by atoms with E-state index in [-0.39, 0.29) is 11.7 Å². The van der Waals surface area contributed by atoms with Crippen LogP contribution in [-0.2, 0) is 4.74 Å². The second-order valence-electron chi connectivity index (χ2n) is 5.77. The lowest BCUT2D eigenvalue weighted by atomic mass is 9.86. The van der Waals surface area contributed by atoms with Gasteiger partial charge in [0.05, 0.1) is 19.0 Å². The summed E-state index contributed by atoms with van der Waals surface area (Å²) in [5.74, 6) is -0.985. The number of hydrogen-bond donors (Lipinski definition) is 0. The lowest BCUT2D eigenvalue weighted by Gasteiger charge is -2.24. The van der Waals surface area contributed by atoms with Gasteiger partial charge in [0, 0.05) is 0 Å². The van der Waals surface area contributed by atoms with Crippen LogP contribution in [0, 0.1) is 11.9 Å². The molecule has 0 saturated heterocycles. The molecule has 0 N–H and O–H groups in total. The van der Waals surface area contributed by atoms with Crippen molar-refractivity contribution in [3.63, 3.8) is 0 Å². The molecule has 4 nitrogen and oxygen atoms in total. The highest BCUT2D eigenvalue weighted by Gasteiger charge is 2.26. The summed E-state index contributed by atoms with van der Waals surface area (Å²) >= 11 is 0. The highest BCUT2D eigenvalue weighted by atomic mass is 19.1. The molecule has 1 saturated carbocycles. The van der Waals surface area contributed by atoms with Crippen LogP contribution in [0.1, 0.15) is 48.3 Å². The number of benzene rings is 1. The SMILES string of the molecule is C[C@H](c1ccccc1)n1cnc(F)c1C(=O)OCC1CCC1. The van der Waals surface area contributed by atoms with Crippen molar-refractivity contribution in [1.82, 2.24) is 9.55 Å². The monoisotopic (exact) mass is 302 g/mol. The van der Waals surface area contributed by atoms with E-state index in [9.17, 15) is 9.18 Å². The molecule has 1 aliphatic carbocycles. The normalized spacial score (nSPS) is 16.1. The smallest absolute Gasteiger partial charge is 0.359 e. The number of carbonyl (C=O) groups excluding carboxylic acids is 1. The summed E-state index contributed by atoms with van der Waals surface area (Å²) < 4.78 is 20.7. The Morgan fingerprint density at radius 2 is 2.14 bits per heavy atom. The van der Waals surface area contributed by atoms with Gasteiger partial charge in [-0.1, -0.05) is 36.8 Å². The lowest BCUT2D eigenvalue weighted by Crippen LogP contribution is -2.23. The van der Waals surface area contributed by atoms with E-state index in [0.29, 0.717) is 12.5 Å². The van der Waals surface area contributed by atoms with Gasteiger partial charge in [0.15, 0.2) is 5.69 Å². The highest BCUT2D eigenvalue weighted by molar-refractivity contribution is 5.87. The van der Waals surface area contributed by atoms with Crippen LogP contribution in [0.5, 0.6) is 0 Å². The first-order chi connectivity index (χ1) is 10.7. The standard InChI is InChI=1S/C17H19FN2O2/c1-12(14-8-3-2-4-9-14)20-11-19-16(18)15(20)17(21)22-10-13-6-5-7-13/h2-4,8-9,11-13H,5-7,10H2,1H3/t12-/m1/s1. The minimum Gasteiger partial charge on any atom is -0.461 e. The highest BCUT2D eigenvalue weighted by Crippen LogP contribution is 2.27. The van der Waals surface area contributed by atoms with E-state index in [1.54, 1.807) is 0 Å². The van der Waals surface area contributed by atoms with Crippen molar-refractivity contribution in [2.75, 3.05) is 6.61 Å². The van der Waals surface area contributed by atoms with Gasteiger partial charge in [0.2, 0.25) is 5.95 Å². The number of hydrogen-bond acceptors (Lipinski definition) is 3. The largest absolute Gasteiger partial charge is 0.461 e. The van der Waals surface area contributed by atoms with Crippen molar-refractivity contribution in [2.24, 2.45) is 5.92 Å². The van der Waals surface area contributed by atoms with Gasteiger partial charge in [-0.25, -0.2) is 9.78 Å². The Balaban J connectivity index is 1.79. The fourth-order valence-electron chi connectivity index (χ4n) is 2.64. The van der Waals surface area contributed by atoms with E-state index in [2.05, 4.69) is 4.98 Å². The third-order valence-electron chi connectivity index (χ3n) is 4.32. The maximum absolute atomic E-state index is 13.9. The molecule has 2 aromatic rings. The van der Waals surface area contributed by atoms with Gasteiger partial charge < -0.3 is 9.30 Å². The molecule has 1 aliphatic rings. The van der Waals surface area contributed by atoms with E-state index in [4.69, 9.17) is 4.74 Å². The quantitative estimate of drug-likeness (QED) is 0.793. The predicted molar refractivity (Wildman–Crippen MR) is 80.1 cm³/mol. The zero-order valence-electron chi connectivity index (χ0n) is 12.5. The third kappa shape index (κ3) is 2.89. The molecule has 116 valence electrons. The first-order valence-electron chi connectivity index (χ1n) is 7.61. The van der Waals surface area contributed by atoms with Gasteiger partial charge in [-0.15, -0.1) is 0 Å². The first kappa shape index (κ1) is 14.8. The van der Waals surface area contributed by atoms with Crippen LogP contribution < -0.4 is 0 Å². The first-order valence-corrected chi connectivity index (χ1v) is 7.61. The maximum atomic E-state index is 13.9. The Hall–Kier alpha value is -2.17. The Labute approximate surface area is 128 Å². The fraction of sp³-hybridized carbons (Fsp3) is 0.412. The molecule has 1 aromatic carbocycles. The number of halogens is 1. The molecule has 22 heavy (non-hydrogen) atoms. The maximum Gasteiger partial charge on any atom is 0.359 e. The topological polar surface area (TPSA) is 44.1 Å². The van der Waals surface area contributed by atoms with Crippen molar-refractivity contribution < 1.29 is 13.9 Å². The van der Waals surface area contributed by atoms with E-state index in [0.717, 1.165) is 18.4 Å². The van der Waals surface area contributed by atoms with E-state index in [1.807, 2.05) is 37.3 Å². The van der Waals surface area contributed by atoms with Crippen LogP contribution in [0.25, 0.3) is 0 Å². The van der Waals surface area contributed by atoms with Crippen molar-refractivity contribution in [2.45, 2.75) is 32.2 Å². The average molecular weight is 302 g/mol. The van der Waals surface area contributed by atoms with Crippen molar-refractivity contribution in [3.05, 3.63) is 53.9 Å². The van der Waals surface area contributed by atoms with Crippen LogP contribution in [-0.4, -0.2) is 22.1 Å². The molecule has 0 aliphatic heterocycles. The number of carbonyl (C=O) groups is 1. The fourth-order valence-corrected chi connectivity index (χ4v) is 2.64. The molecule has 3 rings (SSSR count). The summed E-state index contributed by atoms with van der Waals surface area (Å²) in [4.78, 5) is 15.8. The molecule has 1 atom stereocenters. The Morgan fingerprint density at radius 1 is 1.41 bits per heavy atom. The number of rotatable bonds is 5. The molecule has 1 aromatic heterocycles. The third-order valence-corrected chi connectivity index (χ3v) is 4.32. The van der Waals surface area contributed by atoms with Gasteiger partial charge in [0.25, 0.3) is 0 Å². The number of esters is 1. The summed E-state index contributed by atoms with van der Waals surface area (Å²) in [6.07, 6.45) is 4.69. The zero-order valence-corrected chi connectivity index (χ0v) is 12.5. The van der Waals surface area contributed by atoms with Gasteiger partial charge in [-0.05, 0) is 31.2 Å². The second kappa shape index (κ2) is 6.30. The predicted octanol–water partition coefficient (Wildman–Crippen LogP) is 3.59. The van der Waals surface area contributed by atoms with Gasteiger partial charge in [-0.3, -0.25) is 0 Å². The Bertz CT molecular complexity index is 650. The summed E-state index contributed by atoms with van der Waals surface area (Å²) in [7, 11) is 0. The molecule has 0 bridgehead atoms. The molecule has 0 unspecified atom stereocenters. The summed E-state index contributed by atoms with van der Waals surface area (Å²) in [6, 6.07) is 9.42. The van der Waals surface area contributed by atoms with Crippen LogP contribution in [0.2, 0.25) is 0 Å². The van der Waals surface area contributed by atoms with Crippen LogP contribution >= 0.6 is 0 Å². The number of imidazole rings is 1. The van der Waals surface area contributed by atoms with Gasteiger partial charge in [0.1, 0.15) is 0 Å². The van der Waals surface area contributed by atoms with E-state index in [1.165, 1.54) is 17.3 Å². The summed E-state index contributed by atoms with van der Waals surface area (Å²) in [6.45, 7) is 2.27. The molecular weight excluding hydrogens is 283 g/mol. The molecule has 0 amide bonds. The molecule has 1 fully saturated rings. The molecular formula is C17H19FN2O2. The number of nitrogens with zero attached hydrogens (tertiary/aromatic N) is 2. The average Bonchev–Trinajstić information content (AvgIpc) is 2.87. The van der Waals surface area contributed by atoms with E-state index < -0.39 is 11.9 Å². The van der Waals surface area contributed by atoms with Crippen molar-refractivity contribution in [1.29, 1.82) is 0 Å². The van der Waals surface area contributed by atoms with Crippen molar-refractivity contribution >= 4 is 5.97 Å². The Morgan fingerprint density at radius 3 is 2.77 bits per heavy atom. The lowest BCUT2D eigenvalue weighted by molar-refractivity contribution is 0.0352. The molecule has 5 heteroatoms. The van der Waals surface area contributed by atoms with Crippen LogP contribution in [0.4, 0.5) is 4.39 Å².